The average Bonchev–Trinajstić information content (AvgIpc) is 2.90. The molecule has 8 nitrogen and oxygen atoms in total. The number of rotatable bonds is 6. The van der Waals surface area contributed by atoms with Crippen molar-refractivity contribution in [3.05, 3.63) is 70.9 Å². The molecule has 0 aliphatic carbocycles. The van der Waals surface area contributed by atoms with Crippen LogP contribution in [0.25, 0.3) is 0 Å². The predicted octanol–water partition coefficient (Wildman–Crippen LogP) is 3.47. The monoisotopic (exact) mass is 487 g/mol. The van der Waals surface area contributed by atoms with E-state index in [0.717, 1.165) is 54.5 Å². The van der Waals surface area contributed by atoms with Crippen LogP contribution in [0.1, 0.15) is 22.4 Å². The van der Waals surface area contributed by atoms with Gasteiger partial charge in [-0.3, -0.25) is 4.79 Å². The Kier molecular flexibility index (Phi) is 7.04. The molecular formula is C28H33N5O3. The van der Waals surface area contributed by atoms with Gasteiger partial charge in [0.25, 0.3) is 0 Å². The first-order valence-corrected chi connectivity index (χ1v) is 12.5. The number of ether oxygens (including phenoxy) is 2. The van der Waals surface area contributed by atoms with Crippen LogP contribution in [0.5, 0.6) is 17.4 Å². The third-order valence-corrected chi connectivity index (χ3v) is 6.87. The van der Waals surface area contributed by atoms with Gasteiger partial charge in [-0.05, 0) is 43.8 Å². The van der Waals surface area contributed by atoms with Crippen LogP contribution in [0.4, 0.5) is 5.95 Å². The molecule has 0 radical (unpaired) electrons. The summed E-state index contributed by atoms with van der Waals surface area (Å²) in [5, 5.41) is 0. The highest BCUT2D eigenvalue weighted by molar-refractivity contribution is 5.79. The molecule has 1 saturated heterocycles. The summed E-state index contributed by atoms with van der Waals surface area (Å²) in [6, 6.07) is 15.6. The number of hydrogen-bond acceptors (Lipinski definition) is 7. The molecule has 1 aromatic heterocycles. The van der Waals surface area contributed by atoms with E-state index >= 15 is 0 Å². The SMILES string of the molecule is COc1cccc(CC(=O)N2CCc3nc(N4CCN(C)CC4)nc(Oc4ccc(C)cc4)c3C2)c1. The quantitative estimate of drug-likeness (QED) is 0.527. The van der Waals surface area contributed by atoms with Crippen molar-refractivity contribution in [1.82, 2.24) is 19.8 Å². The fraction of sp³-hybridized carbons (Fsp3) is 0.393. The van der Waals surface area contributed by atoms with Crippen LogP contribution < -0.4 is 14.4 Å². The number of anilines is 1. The first-order valence-electron chi connectivity index (χ1n) is 12.5. The molecule has 188 valence electrons. The van der Waals surface area contributed by atoms with Gasteiger partial charge < -0.3 is 24.2 Å². The first kappa shape index (κ1) is 24.1. The van der Waals surface area contributed by atoms with Gasteiger partial charge in [0, 0.05) is 39.1 Å². The van der Waals surface area contributed by atoms with Crippen molar-refractivity contribution in [1.29, 1.82) is 0 Å². The highest BCUT2D eigenvalue weighted by Gasteiger charge is 2.28. The second-order valence-corrected chi connectivity index (χ2v) is 9.55. The zero-order valence-corrected chi connectivity index (χ0v) is 21.2. The minimum absolute atomic E-state index is 0.0679. The Hall–Kier alpha value is -3.65. The van der Waals surface area contributed by atoms with Crippen molar-refractivity contribution in [2.75, 3.05) is 51.8 Å². The Labute approximate surface area is 212 Å². The van der Waals surface area contributed by atoms with Gasteiger partial charge in [0.15, 0.2) is 0 Å². The molecule has 2 aliphatic heterocycles. The molecular weight excluding hydrogens is 454 g/mol. The third kappa shape index (κ3) is 5.44. The van der Waals surface area contributed by atoms with Crippen LogP contribution in [0.2, 0.25) is 0 Å². The van der Waals surface area contributed by atoms with Crippen molar-refractivity contribution < 1.29 is 14.3 Å². The van der Waals surface area contributed by atoms with Crippen LogP contribution >= 0.6 is 0 Å². The number of benzene rings is 2. The standard InChI is InChI=1S/C28H33N5O3/c1-20-7-9-22(10-8-20)36-27-24-19-33(26(34)18-21-5-4-6-23(17-21)35-3)12-11-25(24)29-28(30-27)32-15-13-31(2)14-16-32/h4-10,17H,11-16,18-19H2,1-3H3. The van der Waals surface area contributed by atoms with Gasteiger partial charge in [0.05, 0.1) is 31.3 Å². The molecule has 36 heavy (non-hydrogen) atoms. The van der Waals surface area contributed by atoms with Gasteiger partial charge in [-0.2, -0.15) is 4.98 Å². The summed E-state index contributed by atoms with van der Waals surface area (Å²) in [4.78, 5) is 29.4. The van der Waals surface area contributed by atoms with Crippen LogP contribution in [-0.2, 0) is 24.2 Å². The van der Waals surface area contributed by atoms with Crippen LogP contribution in [0, 0.1) is 6.92 Å². The summed E-state index contributed by atoms with van der Waals surface area (Å²) >= 11 is 0. The molecule has 3 heterocycles. The molecule has 0 bridgehead atoms. The summed E-state index contributed by atoms with van der Waals surface area (Å²) < 4.78 is 11.6. The number of carbonyl (C=O) groups excluding carboxylic acids is 1. The number of aromatic nitrogens is 2. The summed E-state index contributed by atoms with van der Waals surface area (Å²) in [6.45, 7) is 6.81. The molecule has 2 aliphatic rings. The zero-order chi connectivity index (χ0) is 25.1. The van der Waals surface area contributed by atoms with E-state index < -0.39 is 0 Å². The van der Waals surface area contributed by atoms with E-state index in [4.69, 9.17) is 19.4 Å². The lowest BCUT2D eigenvalue weighted by atomic mass is 10.0. The van der Waals surface area contributed by atoms with Gasteiger partial charge in [-0.1, -0.05) is 29.8 Å². The van der Waals surface area contributed by atoms with Crippen molar-refractivity contribution >= 4 is 11.9 Å². The number of piperazine rings is 1. The maximum Gasteiger partial charge on any atom is 0.229 e. The van der Waals surface area contributed by atoms with Gasteiger partial charge in [-0.15, -0.1) is 0 Å². The Morgan fingerprint density at radius 3 is 2.50 bits per heavy atom. The smallest absolute Gasteiger partial charge is 0.229 e. The number of carbonyl (C=O) groups is 1. The lowest BCUT2D eigenvalue weighted by Gasteiger charge is -2.34. The zero-order valence-electron chi connectivity index (χ0n) is 21.2. The molecule has 3 aromatic rings. The molecule has 8 heteroatoms. The number of methoxy groups -OCH3 is 1. The van der Waals surface area contributed by atoms with Crippen molar-refractivity contribution in [3.63, 3.8) is 0 Å². The minimum Gasteiger partial charge on any atom is -0.497 e. The number of aryl methyl sites for hydroxylation is 1. The van der Waals surface area contributed by atoms with Gasteiger partial charge >= 0.3 is 0 Å². The van der Waals surface area contributed by atoms with Crippen LogP contribution in [0.3, 0.4) is 0 Å². The Balaban J connectivity index is 1.41. The maximum absolute atomic E-state index is 13.2. The molecule has 1 fully saturated rings. The summed E-state index contributed by atoms with van der Waals surface area (Å²) in [5.74, 6) is 2.80. The minimum atomic E-state index is 0.0679. The van der Waals surface area contributed by atoms with Crippen LogP contribution in [0.15, 0.2) is 48.5 Å². The molecule has 0 atom stereocenters. The predicted molar refractivity (Wildman–Crippen MR) is 139 cm³/mol. The first-order chi connectivity index (χ1) is 17.5. The summed E-state index contributed by atoms with van der Waals surface area (Å²) in [5.41, 5.74) is 3.95. The van der Waals surface area contributed by atoms with E-state index in [2.05, 4.69) is 16.8 Å². The van der Waals surface area contributed by atoms with Gasteiger partial charge in [-0.25, -0.2) is 4.98 Å². The molecule has 0 N–H and O–H groups in total. The van der Waals surface area contributed by atoms with E-state index in [9.17, 15) is 4.79 Å². The fourth-order valence-corrected chi connectivity index (χ4v) is 4.60. The largest absolute Gasteiger partial charge is 0.497 e. The number of hydrogen-bond donors (Lipinski definition) is 0. The highest BCUT2D eigenvalue weighted by Crippen LogP contribution is 2.32. The molecule has 1 amide bonds. The Morgan fingerprint density at radius 2 is 1.75 bits per heavy atom. The van der Waals surface area contributed by atoms with E-state index in [1.54, 1.807) is 7.11 Å². The summed E-state index contributed by atoms with van der Waals surface area (Å²) in [6.07, 6.45) is 0.994. The normalized spacial score (nSPS) is 16.0. The van der Waals surface area contributed by atoms with Crippen LogP contribution in [-0.4, -0.2) is 72.6 Å². The number of fused-ring (bicyclic) bond motifs is 1. The molecule has 0 saturated carbocycles. The van der Waals surface area contributed by atoms with E-state index in [0.29, 0.717) is 37.8 Å². The second-order valence-electron chi connectivity index (χ2n) is 9.55. The molecule has 5 rings (SSSR count). The number of nitrogens with zero attached hydrogens (tertiary/aromatic N) is 5. The van der Waals surface area contributed by atoms with Crippen molar-refractivity contribution in [2.45, 2.75) is 26.3 Å². The lowest BCUT2D eigenvalue weighted by molar-refractivity contribution is -0.131. The van der Waals surface area contributed by atoms with Crippen molar-refractivity contribution in [2.24, 2.45) is 0 Å². The molecule has 2 aromatic carbocycles. The van der Waals surface area contributed by atoms with Gasteiger partial charge in [0.2, 0.25) is 17.7 Å². The third-order valence-electron chi connectivity index (χ3n) is 6.87. The van der Waals surface area contributed by atoms with Crippen molar-refractivity contribution in [3.8, 4) is 17.4 Å². The highest BCUT2D eigenvalue weighted by atomic mass is 16.5. The topological polar surface area (TPSA) is 71.0 Å². The molecule has 0 unspecified atom stereocenters. The van der Waals surface area contributed by atoms with E-state index in [1.807, 2.05) is 60.4 Å². The van der Waals surface area contributed by atoms with Gasteiger partial charge in [0.1, 0.15) is 11.5 Å². The Morgan fingerprint density at radius 1 is 0.972 bits per heavy atom. The average molecular weight is 488 g/mol. The van der Waals surface area contributed by atoms with E-state index in [1.165, 1.54) is 5.56 Å². The number of amides is 1. The molecule has 0 spiro atoms. The second kappa shape index (κ2) is 10.5. The fourth-order valence-electron chi connectivity index (χ4n) is 4.60. The van der Waals surface area contributed by atoms with E-state index in [-0.39, 0.29) is 5.91 Å². The Bertz CT molecular complexity index is 1220. The number of likely N-dealkylation sites (N-methyl/N-ethyl adjacent to an activating group) is 1. The lowest BCUT2D eigenvalue weighted by Crippen LogP contribution is -2.45. The maximum atomic E-state index is 13.2. The summed E-state index contributed by atoms with van der Waals surface area (Å²) in [7, 11) is 3.77.